The first-order valence-corrected chi connectivity index (χ1v) is 7.53. The number of hydrogen-bond acceptors (Lipinski definition) is 3. The van der Waals surface area contributed by atoms with Crippen LogP contribution in [0, 0.1) is 0 Å². The summed E-state index contributed by atoms with van der Waals surface area (Å²) in [7, 11) is 0. The van der Waals surface area contributed by atoms with Gasteiger partial charge in [0.1, 0.15) is 5.75 Å². The molecule has 0 aliphatic carbocycles. The summed E-state index contributed by atoms with van der Waals surface area (Å²) in [6.07, 6.45) is 4.57. The summed E-state index contributed by atoms with van der Waals surface area (Å²) < 4.78 is 0. The fourth-order valence-electron chi connectivity index (χ4n) is 3.65. The quantitative estimate of drug-likeness (QED) is 0.888. The molecule has 2 unspecified atom stereocenters. The Kier molecular flexibility index (Phi) is 3.66. The third kappa shape index (κ3) is 2.52. The summed E-state index contributed by atoms with van der Waals surface area (Å²) in [6.45, 7) is 2.75. The largest absolute Gasteiger partial charge is 0.508 e. The molecule has 0 aromatic heterocycles. The summed E-state index contributed by atoms with van der Waals surface area (Å²) in [6, 6.07) is 8.13. The molecule has 2 fully saturated rings. The van der Waals surface area contributed by atoms with Crippen LogP contribution in [-0.4, -0.2) is 40.6 Å². The summed E-state index contributed by atoms with van der Waals surface area (Å²) >= 11 is 0. The Balaban J connectivity index is 1.77. The summed E-state index contributed by atoms with van der Waals surface area (Å²) in [5, 5.41) is 13.1. The Morgan fingerprint density at radius 2 is 2.05 bits per heavy atom. The maximum absolute atomic E-state index is 12.7. The topological polar surface area (TPSA) is 52.6 Å². The van der Waals surface area contributed by atoms with Gasteiger partial charge in [-0.25, -0.2) is 0 Å². The monoisotopic (exact) mass is 274 g/mol. The number of nitrogens with one attached hydrogen (secondary N) is 1. The van der Waals surface area contributed by atoms with Gasteiger partial charge in [-0.05, 0) is 50.8 Å². The number of phenols is 1. The van der Waals surface area contributed by atoms with Gasteiger partial charge in [-0.2, -0.15) is 0 Å². The molecule has 4 heteroatoms. The zero-order valence-electron chi connectivity index (χ0n) is 11.9. The van der Waals surface area contributed by atoms with Crippen LogP contribution in [0.4, 0.5) is 0 Å². The minimum atomic E-state index is 0.0368. The van der Waals surface area contributed by atoms with Crippen LogP contribution in [0.2, 0.25) is 0 Å². The van der Waals surface area contributed by atoms with E-state index in [9.17, 15) is 9.90 Å². The fraction of sp³-hybridized carbons (Fsp3) is 0.562. The normalized spacial score (nSPS) is 28.4. The average Bonchev–Trinajstić information content (AvgIpc) is 2.78. The second kappa shape index (κ2) is 5.44. The van der Waals surface area contributed by atoms with E-state index in [0.717, 1.165) is 19.4 Å². The van der Waals surface area contributed by atoms with E-state index in [0.29, 0.717) is 23.7 Å². The van der Waals surface area contributed by atoms with Crippen LogP contribution in [0.15, 0.2) is 24.3 Å². The van der Waals surface area contributed by atoms with Crippen molar-refractivity contribution in [1.29, 1.82) is 0 Å². The lowest BCUT2D eigenvalue weighted by Crippen LogP contribution is -2.50. The summed E-state index contributed by atoms with van der Waals surface area (Å²) in [5.74, 6) is 0.187. The van der Waals surface area contributed by atoms with Gasteiger partial charge < -0.3 is 15.3 Å². The molecule has 0 radical (unpaired) electrons. The number of aromatic hydroxyl groups is 1. The van der Waals surface area contributed by atoms with Crippen LogP contribution in [0.1, 0.15) is 43.0 Å². The van der Waals surface area contributed by atoms with Crippen LogP contribution < -0.4 is 5.32 Å². The smallest absolute Gasteiger partial charge is 0.254 e. The van der Waals surface area contributed by atoms with Gasteiger partial charge >= 0.3 is 0 Å². The molecule has 2 heterocycles. The predicted molar refractivity (Wildman–Crippen MR) is 77.8 cm³/mol. The van der Waals surface area contributed by atoms with Gasteiger partial charge in [0.2, 0.25) is 0 Å². The average molecular weight is 274 g/mol. The molecule has 2 bridgehead atoms. The Labute approximate surface area is 119 Å². The minimum absolute atomic E-state index is 0.0368. The molecule has 0 saturated carbocycles. The van der Waals surface area contributed by atoms with Crippen LogP contribution >= 0.6 is 0 Å². The van der Waals surface area contributed by atoms with Gasteiger partial charge in [0.25, 0.3) is 5.91 Å². The van der Waals surface area contributed by atoms with Gasteiger partial charge in [-0.3, -0.25) is 4.79 Å². The third-order valence-corrected chi connectivity index (χ3v) is 4.58. The molecule has 4 nitrogen and oxygen atoms in total. The number of amides is 1. The summed E-state index contributed by atoms with van der Waals surface area (Å²) in [4.78, 5) is 14.6. The number of carbonyl (C=O) groups excluding carboxylic acids is 1. The van der Waals surface area contributed by atoms with E-state index < -0.39 is 0 Å². The molecule has 2 atom stereocenters. The zero-order chi connectivity index (χ0) is 14.1. The molecule has 3 rings (SSSR count). The summed E-state index contributed by atoms with van der Waals surface area (Å²) in [5.41, 5.74) is 0.581. The molecule has 1 aromatic rings. The standard InChI is InChI=1S/C16H22N2O2/c1-2-18(14-9-12-6-7-13(10-14)17-12)16(20)11-4-3-5-15(19)8-11/h3-5,8,12-14,17,19H,2,6-7,9-10H2,1H3. The van der Waals surface area contributed by atoms with E-state index in [1.54, 1.807) is 24.3 Å². The molecular weight excluding hydrogens is 252 g/mol. The second-order valence-electron chi connectivity index (χ2n) is 5.90. The van der Waals surface area contributed by atoms with Crippen LogP contribution in [0.3, 0.4) is 0 Å². The second-order valence-corrected chi connectivity index (χ2v) is 5.90. The van der Waals surface area contributed by atoms with E-state index in [2.05, 4.69) is 5.32 Å². The Morgan fingerprint density at radius 1 is 1.35 bits per heavy atom. The van der Waals surface area contributed by atoms with Crippen LogP contribution in [0.25, 0.3) is 0 Å². The Bertz CT molecular complexity index is 491. The van der Waals surface area contributed by atoms with Gasteiger partial charge in [-0.15, -0.1) is 0 Å². The van der Waals surface area contributed by atoms with E-state index >= 15 is 0 Å². The molecule has 2 aliphatic rings. The van der Waals surface area contributed by atoms with Gasteiger partial charge in [0.05, 0.1) is 0 Å². The number of benzene rings is 1. The molecular formula is C16H22N2O2. The highest BCUT2D eigenvalue weighted by atomic mass is 16.3. The highest BCUT2D eigenvalue weighted by Crippen LogP contribution is 2.30. The van der Waals surface area contributed by atoms with Gasteiger partial charge in [-0.1, -0.05) is 6.07 Å². The van der Waals surface area contributed by atoms with Crippen molar-refractivity contribution in [2.24, 2.45) is 0 Å². The molecule has 1 amide bonds. The fourth-order valence-corrected chi connectivity index (χ4v) is 3.65. The van der Waals surface area contributed by atoms with Crippen LogP contribution in [-0.2, 0) is 0 Å². The van der Waals surface area contributed by atoms with Gasteiger partial charge in [0.15, 0.2) is 0 Å². The maximum atomic E-state index is 12.7. The van der Waals surface area contributed by atoms with Crippen LogP contribution in [0.5, 0.6) is 5.75 Å². The third-order valence-electron chi connectivity index (χ3n) is 4.58. The SMILES string of the molecule is CCN(C(=O)c1cccc(O)c1)C1CC2CCC(C1)N2. The van der Waals surface area contributed by atoms with Crippen molar-refractivity contribution in [3.05, 3.63) is 29.8 Å². The van der Waals surface area contributed by atoms with Crippen molar-refractivity contribution >= 4 is 5.91 Å². The molecule has 108 valence electrons. The first kappa shape index (κ1) is 13.4. The first-order chi connectivity index (χ1) is 9.67. The lowest BCUT2D eigenvalue weighted by Gasteiger charge is -2.37. The molecule has 20 heavy (non-hydrogen) atoms. The van der Waals surface area contributed by atoms with E-state index in [-0.39, 0.29) is 11.7 Å². The highest BCUT2D eigenvalue weighted by molar-refractivity contribution is 5.94. The number of rotatable bonds is 3. The lowest BCUT2D eigenvalue weighted by molar-refractivity contribution is 0.0630. The Hall–Kier alpha value is -1.55. The zero-order valence-corrected chi connectivity index (χ0v) is 11.9. The predicted octanol–water partition coefficient (Wildman–Crippen LogP) is 2.14. The van der Waals surface area contributed by atoms with Gasteiger partial charge in [0, 0.05) is 30.2 Å². The van der Waals surface area contributed by atoms with Crippen molar-refractivity contribution in [3.8, 4) is 5.75 Å². The molecule has 2 N–H and O–H groups in total. The molecule has 0 spiro atoms. The van der Waals surface area contributed by atoms with Crippen molar-refractivity contribution in [2.75, 3.05) is 6.54 Å². The molecule has 2 saturated heterocycles. The number of nitrogens with zero attached hydrogens (tertiary/aromatic N) is 1. The highest BCUT2D eigenvalue weighted by Gasteiger charge is 2.37. The number of fused-ring (bicyclic) bond motifs is 2. The molecule has 1 aromatic carbocycles. The van der Waals surface area contributed by atoms with Crippen molar-refractivity contribution < 1.29 is 9.90 Å². The van der Waals surface area contributed by atoms with E-state index in [1.165, 1.54) is 12.8 Å². The van der Waals surface area contributed by atoms with Crippen molar-refractivity contribution in [2.45, 2.75) is 50.7 Å². The van der Waals surface area contributed by atoms with Crippen molar-refractivity contribution in [1.82, 2.24) is 10.2 Å². The van der Waals surface area contributed by atoms with Crippen molar-refractivity contribution in [3.63, 3.8) is 0 Å². The molecule has 2 aliphatic heterocycles. The number of phenolic OH excluding ortho intramolecular Hbond substituents is 1. The van der Waals surface area contributed by atoms with E-state index in [1.807, 2.05) is 11.8 Å². The minimum Gasteiger partial charge on any atom is -0.508 e. The number of hydrogen-bond donors (Lipinski definition) is 2. The Morgan fingerprint density at radius 3 is 2.65 bits per heavy atom. The first-order valence-electron chi connectivity index (χ1n) is 7.53. The lowest BCUT2D eigenvalue weighted by atomic mass is 9.97. The number of carbonyl (C=O) groups is 1. The maximum Gasteiger partial charge on any atom is 0.254 e. The number of piperidine rings is 1. The van der Waals surface area contributed by atoms with E-state index in [4.69, 9.17) is 0 Å².